The number of carbonyl (C=O) groups excluding carboxylic acids is 2. The Morgan fingerprint density at radius 1 is 1.02 bits per heavy atom. The predicted octanol–water partition coefficient (Wildman–Crippen LogP) is 5.80. The quantitative estimate of drug-likeness (QED) is 0.317. The lowest BCUT2D eigenvalue weighted by Crippen LogP contribution is -2.47. The summed E-state index contributed by atoms with van der Waals surface area (Å²) in [5, 5.41) is 13.2. The van der Waals surface area contributed by atoms with Gasteiger partial charge in [-0.05, 0) is 69.5 Å². The highest BCUT2D eigenvalue weighted by Crippen LogP contribution is 2.28. The molecule has 45 heavy (non-hydrogen) atoms. The number of benzene rings is 3. The lowest BCUT2D eigenvalue weighted by atomic mass is 10.0. The van der Waals surface area contributed by atoms with Crippen LogP contribution in [0.15, 0.2) is 78.9 Å². The van der Waals surface area contributed by atoms with Crippen molar-refractivity contribution in [2.45, 2.75) is 71.2 Å². The van der Waals surface area contributed by atoms with E-state index in [-0.39, 0.29) is 43.0 Å². The van der Waals surface area contributed by atoms with Gasteiger partial charge in [-0.25, -0.2) is 0 Å². The van der Waals surface area contributed by atoms with Crippen molar-refractivity contribution in [1.29, 1.82) is 0 Å². The molecule has 1 aliphatic heterocycles. The third kappa shape index (κ3) is 10.4. The van der Waals surface area contributed by atoms with E-state index in [0.29, 0.717) is 36.7 Å². The second-order valence-electron chi connectivity index (χ2n) is 12.4. The van der Waals surface area contributed by atoms with Gasteiger partial charge in [0.1, 0.15) is 5.75 Å². The van der Waals surface area contributed by atoms with E-state index in [1.807, 2.05) is 62.4 Å². The van der Waals surface area contributed by atoms with Crippen molar-refractivity contribution < 1.29 is 24.2 Å². The summed E-state index contributed by atoms with van der Waals surface area (Å²) in [4.78, 5) is 31.2. The van der Waals surface area contributed by atoms with Crippen molar-refractivity contribution in [1.82, 2.24) is 9.80 Å². The standard InChI is InChI=1S/C37H49N3O5/c1-27-23-40(28(2)26-41)37(43)33-22-32(38-36(42)21-30-14-7-5-8-15-30)18-19-34(33)45-29(3)13-11-12-20-44-35(27)25-39(4)24-31-16-9-6-10-17-31/h5-10,14-19,22,27-29,35,41H,11-13,20-21,23-26H2,1-4H3,(H,38,42)/t27-,28+,29-,35+/m0/s1. The summed E-state index contributed by atoms with van der Waals surface area (Å²) in [7, 11) is 2.09. The maximum Gasteiger partial charge on any atom is 0.258 e. The van der Waals surface area contributed by atoms with Gasteiger partial charge in [0.15, 0.2) is 0 Å². The molecule has 1 heterocycles. The molecule has 0 spiro atoms. The van der Waals surface area contributed by atoms with Gasteiger partial charge in [-0.3, -0.25) is 14.5 Å². The number of likely N-dealkylation sites (N-methyl/N-ethyl adjacent to an activating group) is 1. The Kier molecular flexibility index (Phi) is 13.0. The van der Waals surface area contributed by atoms with E-state index in [0.717, 1.165) is 31.4 Å². The molecule has 0 radical (unpaired) electrons. The van der Waals surface area contributed by atoms with Crippen LogP contribution in [0.4, 0.5) is 5.69 Å². The number of aliphatic hydroxyl groups is 1. The molecule has 8 heteroatoms. The van der Waals surface area contributed by atoms with Gasteiger partial charge in [-0.2, -0.15) is 0 Å². The smallest absolute Gasteiger partial charge is 0.258 e. The number of anilines is 1. The third-order valence-electron chi connectivity index (χ3n) is 8.33. The highest BCUT2D eigenvalue weighted by Gasteiger charge is 2.30. The van der Waals surface area contributed by atoms with Crippen molar-refractivity contribution in [2.24, 2.45) is 5.92 Å². The zero-order valence-electron chi connectivity index (χ0n) is 27.2. The molecule has 0 aliphatic carbocycles. The van der Waals surface area contributed by atoms with Crippen LogP contribution in [0.2, 0.25) is 0 Å². The number of nitrogens with zero attached hydrogens (tertiary/aromatic N) is 2. The van der Waals surface area contributed by atoms with Gasteiger partial charge < -0.3 is 24.8 Å². The second kappa shape index (κ2) is 17.1. The summed E-state index contributed by atoms with van der Waals surface area (Å²) in [6.45, 7) is 8.31. The van der Waals surface area contributed by atoms with Crippen molar-refractivity contribution >= 4 is 17.5 Å². The molecule has 8 nitrogen and oxygen atoms in total. The molecule has 0 unspecified atom stereocenters. The lowest BCUT2D eigenvalue weighted by Gasteiger charge is -2.36. The minimum atomic E-state index is -0.433. The number of rotatable bonds is 9. The van der Waals surface area contributed by atoms with Crippen LogP contribution in [0.3, 0.4) is 0 Å². The van der Waals surface area contributed by atoms with E-state index in [1.54, 1.807) is 23.1 Å². The minimum absolute atomic E-state index is 0.0128. The van der Waals surface area contributed by atoms with Crippen LogP contribution >= 0.6 is 0 Å². The Hall–Kier alpha value is -3.72. The van der Waals surface area contributed by atoms with E-state index in [1.165, 1.54) is 5.56 Å². The topological polar surface area (TPSA) is 91.3 Å². The van der Waals surface area contributed by atoms with Crippen LogP contribution in [0.25, 0.3) is 0 Å². The first-order valence-corrected chi connectivity index (χ1v) is 16.1. The molecule has 4 rings (SSSR count). The largest absolute Gasteiger partial charge is 0.490 e. The number of amides is 2. The summed E-state index contributed by atoms with van der Waals surface area (Å²) in [5.74, 6) is 0.0424. The van der Waals surface area contributed by atoms with Crippen molar-refractivity contribution in [3.63, 3.8) is 0 Å². The fourth-order valence-corrected chi connectivity index (χ4v) is 5.72. The number of hydrogen-bond donors (Lipinski definition) is 2. The van der Waals surface area contributed by atoms with E-state index in [4.69, 9.17) is 9.47 Å². The Morgan fingerprint density at radius 2 is 1.71 bits per heavy atom. The summed E-state index contributed by atoms with van der Waals surface area (Å²) in [5.41, 5.74) is 3.03. The Balaban J connectivity index is 1.59. The normalized spacial score (nSPS) is 20.5. The molecule has 3 aromatic rings. The van der Waals surface area contributed by atoms with E-state index >= 15 is 0 Å². The summed E-state index contributed by atoms with van der Waals surface area (Å²) < 4.78 is 12.8. The summed E-state index contributed by atoms with van der Waals surface area (Å²) >= 11 is 0. The van der Waals surface area contributed by atoms with Gasteiger partial charge in [-0.1, -0.05) is 67.6 Å². The number of carbonyl (C=O) groups is 2. The molecular formula is C37H49N3O5. The highest BCUT2D eigenvalue weighted by atomic mass is 16.5. The Bertz CT molecular complexity index is 1350. The molecule has 4 atom stereocenters. The molecule has 0 saturated carbocycles. The molecule has 1 aliphatic rings. The maximum absolute atomic E-state index is 14.3. The van der Waals surface area contributed by atoms with Gasteiger partial charge in [0.2, 0.25) is 5.91 Å². The summed E-state index contributed by atoms with van der Waals surface area (Å²) in [6, 6.07) is 24.7. The molecular weight excluding hydrogens is 566 g/mol. The van der Waals surface area contributed by atoms with Gasteiger partial charge in [0.05, 0.1) is 36.8 Å². The van der Waals surface area contributed by atoms with Crippen LogP contribution < -0.4 is 10.1 Å². The van der Waals surface area contributed by atoms with Crippen molar-refractivity contribution in [3.05, 3.63) is 95.6 Å². The van der Waals surface area contributed by atoms with E-state index < -0.39 is 6.04 Å². The Labute approximate surface area is 268 Å². The third-order valence-corrected chi connectivity index (χ3v) is 8.33. The average Bonchev–Trinajstić information content (AvgIpc) is 3.03. The van der Waals surface area contributed by atoms with Gasteiger partial charge >= 0.3 is 0 Å². The lowest BCUT2D eigenvalue weighted by molar-refractivity contribution is -0.115. The molecule has 2 amide bonds. The molecule has 0 saturated heterocycles. The fourth-order valence-electron chi connectivity index (χ4n) is 5.72. The van der Waals surface area contributed by atoms with Gasteiger partial charge in [0, 0.05) is 37.8 Å². The average molecular weight is 616 g/mol. The molecule has 0 bridgehead atoms. The van der Waals surface area contributed by atoms with Gasteiger partial charge in [0.25, 0.3) is 5.91 Å². The second-order valence-corrected chi connectivity index (χ2v) is 12.4. The number of aliphatic hydroxyl groups excluding tert-OH is 1. The molecule has 0 fully saturated rings. The van der Waals surface area contributed by atoms with E-state index in [9.17, 15) is 14.7 Å². The number of nitrogens with one attached hydrogen (secondary N) is 1. The zero-order chi connectivity index (χ0) is 32.2. The maximum atomic E-state index is 14.3. The van der Waals surface area contributed by atoms with Crippen LogP contribution in [0.5, 0.6) is 5.75 Å². The summed E-state index contributed by atoms with van der Waals surface area (Å²) in [6.07, 6.45) is 2.66. The first-order valence-electron chi connectivity index (χ1n) is 16.1. The predicted molar refractivity (Wildman–Crippen MR) is 178 cm³/mol. The Morgan fingerprint density at radius 3 is 2.40 bits per heavy atom. The van der Waals surface area contributed by atoms with Crippen LogP contribution in [0, 0.1) is 5.92 Å². The first-order chi connectivity index (χ1) is 21.7. The number of hydrogen-bond acceptors (Lipinski definition) is 6. The SMILES string of the molecule is C[C@H](CO)N1C[C@H](C)[C@@H](CN(C)Cc2ccccc2)OCCCC[C@H](C)Oc2ccc(NC(=O)Cc3ccccc3)cc2C1=O. The molecule has 2 N–H and O–H groups in total. The first kappa shape index (κ1) is 34.2. The van der Waals surface area contributed by atoms with Crippen LogP contribution in [0.1, 0.15) is 61.5 Å². The number of fused-ring (bicyclic) bond motifs is 1. The van der Waals surface area contributed by atoms with E-state index in [2.05, 4.69) is 36.3 Å². The minimum Gasteiger partial charge on any atom is -0.490 e. The van der Waals surface area contributed by atoms with Crippen molar-refractivity contribution in [3.8, 4) is 5.75 Å². The molecule has 0 aromatic heterocycles. The molecule has 242 valence electrons. The fraction of sp³-hybridized carbons (Fsp3) is 0.459. The van der Waals surface area contributed by atoms with Crippen LogP contribution in [-0.2, 0) is 22.5 Å². The monoisotopic (exact) mass is 615 g/mol. The molecule has 3 aromatic carbocycles. The highest BCUT2D eigenvalue weighted by molar-refractivity contribution is 6.00. The zero-order valence-corrected chi connectivity index (χ0v) is 27.2. The number of ether oxygens (including phenoxy) is 2. The van der Waals surface area contributed by atoms with Crippen molar-refractivity contribution in [2.75, 3.05) is 38.7 Å². The van der Waals surface area contributed by atoms with Crippen LogP contribution in [-0.4, -0.2) is 78.3 Å². The van der Waals surface area contributed by atoms with Gasteiger partial charge in [-0.15, -0.1) is 0 Å².